The van der Waals surface area contributed by atoms with Gasteiger partial charge < -0.3 is 5.11 Å². The number of hydrogen-bond acceptors (Lipinski definition) is 4. The van der Waals surface area contributed by atoms with E-state index in [1.807, 2.05) is 45.2 Å². The Morgan fingerprint density at radius 3 is 2.44 bits per heavy atom. The Bertz CT molecular complexity index is 532. The van der Waals surface area contributed by atoms with Crippen molar-refractivity contribution in [1.82, 2.24) is 5.32 Å². The Kier molecular flexibility index (Phi) is 6.16. The summed E-state index contributed by atoms with van der Waals surface area (Å²) in [6.07, 6.45) is 3.61. The first-order valence-corrected chi connectivity index (χ1v) is 7.88. The van der Waals surface area contributed by atoms with Crippen LogP contribution in [0.5, 0.6) is 0 Å². The van der Waals surface area contributed by atoms with Gasteiger partial charge in [0, 0.05) is 7.14 Å². The summed E-state index contributed by atoms with van der Waals surface area (Å²) in [6, 6.07) is 3.10. The fourth-order valence-corrected chi connectivity index (χ4v) is 3.41. The number of amidine groups is 1. The first-order chi connectivity index (χ1) is 8.49. The molecule has 0 atom stereocenters. The number of carboxylic acids is 1. The predicted octanol–water partition coefficient (Wildman–Crippen LogP) is 3.02. The molecule has 0 radical (unpaired) electrons. The average molecular weight is 487 g/mol. The van der Waals surface area contributed by atoms with Crippen molar-refractivity contribution in [1.29, 1.82) is 5.26 Å². The third-order valence-corrected chi connectivity index (χ3v) is 4.06. The number of nitriles is 1. The molecule has 0 aliphatic rings. The zero-order chi connectivity index (χ0) is 13.7. The van der Waals surface area contributed by atoms with Gasteiger partial charge in [0.2, 0.25) is 0 Å². The normalized spacial score (nSPS) is 10.9. The molecule has 0 fully saturated rings. The number of rotatable bonds is 2. The number of nitrogens with one attached hydrogen (secondary N) is 1. The number of aliphatic imine (C=N–C) groups is 1. The number of thioether (sulfide) groups is 1. The maximum Gasteiger partial charge on any atom is 0.335 e. The monoisotopic (exact) mass is 487 g/mol. The fraction of sp³-hybridized carbons (Fsp3) is 0.100. The van der Waals surface area contributed by atoms with Gasteiger partial charge in [0.25, 0.3) is 0 Å². The van der Waals surface area contributed by atoms with Crippen LogP contribution >= 0.6 is 56.9 Å². The van der Waals surface area contributed by atoms with Crippen molar-refractivity contribution in [2.45, 2.75) is 0 Å². The summed E-state index contributed by atoms with van der Waals surface area (Å²) < 4.78 is 1.45. The maximum atomic E-state index is 10.9. The Hall–Kier alpha value is -0.540. The van der Waals surface area contributed by atoms with Crippen LogP contribution in [0.2, 0.25) is 0 Å². The van der Waals surface area contributed by atoms with Gasteiger partial charge in [0.1, 0.15) is 0 Å². The van der Waals surface area contributed by atoms with E-state index in [0.29, 0.717) is 10.9 Å². The van der Waals surface area contributed by atoms with E-state index < -0.39 is 5.97 Å². The Balaban J connectivity index is 3.27. The third kappa shape index (κ3) is 3.99. The molecule has 1 rings (SSSR count). The molecule has 0 aliphatic heterocycles. The molecule has 0 saturated carbocycles. The average Bonchev–Trinajstić information content (AvgIpc) is 2.31. The summed E-state index contributed by atoms with van der Waals surface area (Å²) in [5.74, 6) is -0.971. The maximum absolute atomic E-state index is 10.9. The molecule has 2 N–H and O–H groups in total. The molecule has 8 heteroatoms. The summed E-state index contributed by atoms with van der Waals surface area (Å²) in [5, 5.41) is 20.4. The predicted molar refractivity (Wildman–Crippen MR) is 88.2 cm³/mol. The molecule has 5 nitrogen and oxygen atoms in total. The highest BCUT2D eigenvalue weighted by molar-refractivity contribution is 14.1. The lowest BCUT2D eigenvalue weighted by atomic mass is 10.2. The highest BCUT2D eigenvalue weighted by Gasteiger charge is 2.11. The van der Waals surface area contributed by atoms with Crippen molar-refractivity contribution in [3.8, 4) is 6.19 Å². The summed E-state index contributed by atoms with van der Waals surface area (Å²) in [6.45, 7) is 0. The van der Waals surface area contributed by atoms with E-state index in [9.17, 15) is 4.79 Å². The number of nitrogens with zero attached hydrogens (tertiary/aromatic N) is 2. The van der Waals surface area contributed by atoms with Crippen molar-refractivity contribution in [3.05, 3.63) is 24.8 Å². The van der Waals surface area contributed by atoms with Gasteiger partial charge in [-0.15, -0.1) is 0 Å². The zero-order valence-corrected chi connectivity index (χ0v) is 14.2. The summed E-state index contributed by atoms with van der Waals surface area (Å²) in [7, 11) is 0. The fourth-order valence-electron chi connectivity index (χ4n) is 1.07. The molecule has 0 spiro atoms. The topological polar surface area (TPSA) is 85.5 Å². The second-order valence-corrected chi connectivity index (χ2v) is 6.07. The Labute approximate surface area is 135 Å². The van der Waals surface area contributed by atoms with Crippen LogP contribution in [0.15, 0.2) is 17.1 Å². The molecule has 0 aliphatic carbocycles. The van der Waals surface area contributed by atoms with Crippen LogP contribution in [-0.4, -0.2) is 22.5 Å². The van der Waals surface area contributed by atoms with Crippen molar-refractivity contribution < 1.29 is 9.90 Å². The molecule has 1 aromatic carbocycles. The number of carbonyl (C=O) groups is 1. The van der Waals surface area contributed by atoms with Crippen LogP contribution in [0.1, 0.15) is 10.4 Å². The molecule has 0 aromatic heterocycles. The zero-order valence-electron chi connectivity index (χ0n) is 9.07. The number of hydrogen-bond donors (Lipinski definition) is 2. The van der Waals surface area contributed by atoms with E-state index in [4.69, 9.17) is 10.4 Å². The van der Waals surface area contributed by atoms with Crippen LogP contribution < -0.4 is 5.32 Å². The summed E-state index contributed by atoms with van der Waals surface area (Å²) in [5.41, 5.74) is 0.884. The lowest BCUT2D eigenvalue weighted by molar-refractivity contribution is 0.0697. The van der Waals surface area contributed by atoms with Gasteiger partial charge in [-0.2, -0.15) is 5.26 Å². The number of halogens is 2. The van der Waals surface area contributed by atoms with Crippen LogP contribution in [0.4, 0.5) is 5.69 Å². The van der Waals surface area contributed by atoms with Crippen LogP contribution in [0.3, 0.4) is 0 Å². The molecule has 94 valence electrons. The van der Waals surface area contributed by atoms with E-state index in [-0.39, 0.29) is 5.56 Å². The van der Waals surface area contributed by atoms with Gasteiger partial charge >= 0.3 is 5.97 Å². The Morgan fingerprint density at radius 1 is 1.50 bits per heavy atom. The second-order valence-electron chi connectivity index (χ2n) is 2.95. The highest BCUT2D eigenvalue weighted by atomic mass is 127. The smallest absolute Gasteiger partial charge is 0.335 e. The van der Waals surface area contributed by atoms with Gasteiger partial charge in [-0.3, -0.25) is 5.32 Å². The van der Waals surface area contributed by atoms with Gasteiger partial charge in [-0.1, -0.05) is 11.8 Å². The third-order valence-electron chi connectivity index (χ3n) is 1.83. The molecular weight excluding hydrogens is 480 g/mol. The number of carboxylic acid groups (broad SMARTS) is 1. The minimum Gasteiger partial charge on any atom is -0.478 e. The minimum atomic E-state index is -0.971. The summed E-state index contributed by atoms with van der Waals surface area (Å²) in [4.78, 5) is 15.2. The molecule has 1 aromatic rings. The van der Waals surface area contributed by atoms with E-state index in [1.54, 1.807) is 24.6 Å². The molecular formula is C10H7I2N3O2S. The van der Waals surface area contributed by atoms with E-state index in [0.717, 1.165) is 7.14 Å². The standard InChI is InChI=1S/C10H7I2N3O2S/c1-18-10(14-4-13)15-8-6(11)2-5(9(16)17)3-7(8)12/h2-3H,1H3,(H,14,15)(H,16,17). The van der Waals surface area contributed by atoms with E-state index >= 15 is 0 Å². The minimum absolute atomic E-state index is 0.224. The highest BCUT2D eigenvalue weighted by Crippen LogP contribution is 2.30. The largest absolute Gasteiger partial charge is 0.478 e. The first-order valence-electron chi connectivity index (χ1n) is 4.49. The first kappa shape index (κ1) is 15.5. The van der Waals surface area contributed by atoms with Gasteiger partial charge in [-0.05, 0) is 63.6 Å². The second kappa shape index (κ2) is 7.15. The van der Waals surface area contributed by atoms with Gasteiger partial charge in [0.05, 0.1) is 11.3 Å². The number of aromatic carboxylic acids is 1. The van der Waals surface area contributed by atoms with E-state index in [1.165, 1.54) is 11.8 Å². The van der Waals surface area contributed by atoms with Crippen LogP contribution in [-0.2, 0) is 0 Å². The van der Waals surface area contributed by atoms with Crippen molar-refractivity contribution >= 4 is 73.8 Å². The molecule has 0 amide bonds. The lowest BCUT2D eigenvalue weighted by Crippen LogP contribution is -2.12. The van der Waals surface area contributed by atoms with Crippen LogP contribution in [0.25, 0.3) is 0 Å². The Morgan fingerprint density at radius 2 is 2.06 bits per heavy atom. The number of benzene rings is 1. The quantitative estimate of drug-likeness (QED) is 0.221. The van der Waals surface area contributed by atoms with E-state index in [2.05, 4.69) is 10.3 Å². The molecule has 0 bridgehead atoms. The lowest BCUT2D eigenvalue weighted by Gasteiger charge is -2.06. The molecule has 0 unspecified atom stereocenters. The molecule has 0 heterocycles. The SMILES string of the molecule is CSC(=Nc1c(I)cc(C(=O)O)cc1I)NC#N. The van der Waals surface area contributed by atoms with Gasteiger partial charge in [-0.25, -0.2) is 9.79 Å². The van der Waals surface area contributed by atoms with Crippen molar-refractivity contribution in [2.75, 3.05) is 6.26 Å². The molecule has 0 saturated heterocycles. The van der Waals surface area contributed by atoms with Gasteiger partial charge in [0.15, 0.2) is 11.4 Å². The summed E-state index contributed by atoms with van der Waals surface area (Å²) >= 11 is 5.37. The van der Waals surface area contributed by atoms with Crippen molar-refractivity contribution in [2.24, 2.45) is 4.99 Å². The van der Waals surface area contributed by atoms with Crippen LogP contribution in [0, 0.1) is 18.6 Å². The molecule has 18 heavy (non-hydrogen) atoms. The van der Waals surface area contributed by atoms with Crippen molar-refractivity contribution in [3.63, 3.8) is 0 Å².